The van der Waals surface area contributed by atoms with Crippen molar-refractivity contribution in [3.05, 3.63) is 34.3 Å². The van der Waals surface area contributed by atoms with Gasteiger partial charge in [-0.25, -0.2) is 9.97 Å². The van der Waals surface area contributed by atoms with Crippen LogP contribution in [-0.4, -0.2) is 26.4 Å². The summed E-state index contributed by atoms with van der Waals surface area (Å²) in [5.41, 5.74) is 1.27. The standard InChI is InChI=1S/C18H26N4S/c1-2-6-14(5-1)11-17-20-12-15(21-17)13-22-9-4-3-7-16(22)18-19-8-10-23-18/h8,10,12,14,16H,1-7,9,11,13H2,(H,20,21)/t16-/m0/s1. The second-order valence-corrected chi connectivity index (χ2v) is 7.99. The second-order valence-electron chi connectivity index (χ2n) is 7.06. The van der Waals surface area contributed by atoms with E-state index in [0.29, 0.717) is 6.04 Å². The van der Waals surface area contributed by atoms with E-state index in [9.17, 15) is 0 Å². The zero-order valence-electron chi connectivity index (χ0n) is 13.7. The van der Waals surface area contributed by atoms with Crippen LogP contribution in [0.25, 0.3) is 0 Å². The first-order valence-electron chi connectivity index (χ1n) is 9.04. The van der Waals surface area contributed by atoms with Gasteiger partial charge in [-0.1, -0.05) is 32.1 Å². The van der Waals surface area contributed by atoms with Gasteiger partial charge in [0.1, 0.15) is 10.8 Å². The molecule has 1 N–H and O–H groups in total. The molecule has 1 aliphatic carbocycles. The highest BCUT2D eigenvalue weighted by molar-refractivity contribution is 7.09. The molecule has 2 fully saturated rings. The molecule has 0 spiro atoms. The number of hydrogen-bond donors (Lipinski definition) is 1. The molecule has 2 aliphatic rings. The summed E-state index contributed by atoms with van der Waals surface area (Å²) in [4.78, 5) is 15.4. The van der Waals surface area contributed by atoms with E-state index < -0.39 is 0 Å². The van der Waals surface area contributed by atoms with Crippen molar-refractivity contribution in [2.24, 2.45) is 5.92 Å². The highest BCUT2D eigenvalue weighted by Crippen LogP contribution is 2.33. The molecule has 0 radical (unpaired) electrons. The van der Waals surface area contributed by atoms with Crippen molar-refractivity contribution in [3.63, 3.8) is 0 Å². The van der Waals surface area contributed by atoms with Gasteiger partial charge in [-0.2, -0.15) is 0 Å². The third-order valence-electron chi connectivity index (χ3n) is 5.36. The Kier molecular flexibility index (Phi) is 4.76. The predicted octanol–water partition coefficient (Wildman–Crippen LogP) is 4.33. The molecule has 4 rings (SSSR count). The summed E-state index contributed by atoms with van der Waals surface area (Å²) in [5.74, 6) is 2.04. The van der Waals surface area contributed by atoms with Gasteiger partial charge >= 0.3 is 0 Å². The summed E-state index contributed by atoms with van der Waals surface area (Å²) in [6, 6.07) is 0.491. The zero-order valence-corrected chi connectivity index (χ0v) is 14.5. The molecule has 0 bridgehead atoms. The lowest BCUT2D eigenvalue weighted by molar-refractivity contribution is 0.138. The Bertz CT molecular complexity index is 600. The quantitative estimate of drug-likeness (QED) is 0.887. The Morgan fingerprint density at radius 2 is 2.00 bits per heavy atom. The summed E-state index contributed by atoms with van der Waals surface area (Å²) in [6.45, 7) is 2.14. The molecule has 0 amide bonds. The van der Waals surface area contributed by atoms with Crippen LogP contribution in [0.1, 0.15) is 67.5 Å². The van der Waals surface area contributed by atoms with Gasteiger partial charge in [0.15, 0.2) is 0 Å². The van der Waals surface area contributed by atoms with E-state index in [-0.39, 0.29) is 0 Å². The number of H-pyrrole nitrogens is 1. The van der Waals surface area contributed by atoms with Crippen molar-refractivity contribution in [3.8, 4) is 0 Å². The molecule has 0 unspecified atom stereocenters. The van der Waals surface area contributed by atoms with E-state index in [2.05, 4.69) is 31.4 Å². The smallest absolute Gasteiger partial charge is 0.110 e. The SMILES string of the molecule is c1csc([C@@H]2CCCCN2Cc2cnc(CC3CCCC3)[nH]2)n1. The fourth-order valence-corrected chi connectivity index (χ4v) is 4.96. The minimum atomic E-state index is 0.491. The largest absolute Gasteiger partial charge is 0.345 e. The predicted molar refractivity (Wildman–Crippen MR) is 93.4 cm³/mol. The maximum Gasteiger partial charge on any atom is 0.110 e. The van der Waals surface area contributed by atoms with Crippen LogP contribution in [0.2, 0.25) is 0 Å². The molecular formula is C18H26N4S. The Balaban J connectivity index is 1.41. The molecule has 1 saturated carbocycles. The van der Waals surface area contributed by atoms with Gasteiger partial charge in [-0.3, -0.25) is 4.90 Å². The number of imidazole rings is 1. The van der Waals surface area contributed by atoms with Gasteiger partial charge in [0.2, 0.25) is 0 Å². The summed E-state index contributed by atoms with van der Waals surface area (Å²) >= 11 is 1.79. The Hall–Kier alpha value is -1.20. The molecule has 2 aromatic heterocycles. The Morgan fingerprint density at radius 3 is 2.83 bits per heavy atom. The maximum absolute atomic E-state index is 4.64. The molecule has 23 heavy (non-hydrogen) atoms. The summed E-state index contributed by atoms with van der Waals surface area (Å²) in [6.07, 6.45) is 14.5. The number of aromatic nitrogens is 3. The number of likely N-dealkylation sites (tertiary alicyclic amines) is 1. The highest BCUT2D eigenvalue weighted by atomic mass is 32.1. The molecule has 1 atom stereocenters. The first-order chi connectivity index (χ1) is 11.4. The first kappa shape index (κ1) is 15.3. The molecule has 2 aromatic rings. The Labute approximate surface area is 142 Å². The van der Waals surface area contributed by atoms with Crippen molar-refractivity contribution in [2.45, 2.75) is 64.0 Å². The first-order valence-corrected chi connectivity index (χ1v) is 9.92. The average molecular weight is 331 g/mol. The van der Waals surface area contributed by atoms with E-state index in [0.717, 1.165) is 18.9 Å². The normalized spacial score (nSPS) is 23.6. The van der Waals surface area contributed by atoms with Crippen LogP contribution in [-0.2, 0) is 13.0 Å². The highest BCUT2D eigenvalue weighted by Gasteiger charge is 2.26. The lowest BCUT2D eigenvalue weighted by Crippen LogP contribution is -2.33. The minimum Gasteiger partial charge on any atom is -0.345 e. The van der Waals surface area contributed by atoms with Crippen LogP contribution in [0, 0.1) is 5.92 Å². The molecular weight excluding hydrogens is 304 g/mol. The van der Waals surface area contributed by atoms with Crippen LogP contribution >= 0.6 is 11.3 Å². The molecule has 4 nitrogen and oxygen atoms in total. The third-order valence-corrected chi connectivity index (χ3v) is 6.24. The van der Waals surface area contributed by atoms with Crippen LogP contribution in [0.15, 0.2) is 17.8 Å². The zero-order chi connectivity index (χ0) is 15.5. The molecule has 1 aliphatic heterocycles. The second kappa shape index (κ2) is 7.14. The van der Waals surface area contributed by atoms with Crippen molar-refractivity contribution in [1.29, 1.82) is 0 Å². The number of nitrogens with zero attached hydrogens (tertiary/aromatic N) is 3. The van der Waals surface area contributed by atoms with Gasteiger partial charge < -0.3 is 4.98 Å². The van der Waals surface area contributed by atoms with Crippen molar-refractivity contribution in [2.75, 3.05) is 6.54 Å². The number of thiazole rings is 1. The molecule has 3 heterocycles. The fraction of sp³-hybridized carbons (Fsp3) is 0.667. The lowest BCUT2D eigenvalue weighted by atomic mass is 10.0. The number of hydrogen-bond acceptors (Lipinski definition) is 4. The van der Waals surface area contributed by atoms with E-state index in [1.54, 1.807) is 11.3 Å². The van der Waals surface area contributed by atoms with E-state index in [4.69, 9.17) is 0 Å². The van der Waals surface area contributed by atoms with Crippen molar-refractivity contribution < 1.29 is 0 Å². The van der Waals surface area contributed by atoms with Gasteiger partial charge in [0.25, 0.3) is 0 Å². The topological polar surface area (TPSA) is 44.8 Å². The fourth-order valence-electron chi connectivity index (χ4n) is 4.16. The van der Waals surface area contributed by atoms with Crippen molar-refractivity contribution >= 4 is 11.3 Å². The van der Waals surface area contributed by atoms with Crippen molar-refractivity contribution in [1.82, 2.24) is 19.9 Å². The minimum absolute atomic E-state index is 0.491. The van der Waals surface area contributed by atoms with Gasteiger partial charge in [0, 0.05) is 36.4 Å². The molecule has 5 heteroatoms. The van der Waals surface area contributed by atoms with E-state index in [1.165, 1.54) is 68.0 Å². The summed E-state index contributed by atoms with van der Waals surface area (Å²) in [5, 5.41) is 3.37. The van der Waals surface area contributed by atoms with Gasteiger partial charge in [-0.05, 0) is 25.3 Å². The van der Waals surface area contributed by atoms with E-state index >= 15 is 0 Å². The number of rotatable bonds is 5. The van der Waals surface area contributed by atoms with Crippen LogP contribution in [0.5, 0.6) is 0 Å². The molecule has 0 aromatic carbocycles. The average Bonchev–Trinajstić information content (AvgIpc) is 3.31. The molecule has 1 saturated heterocycles. The van der Waals surface area contributed by atoms with E-state index in [1.807, 2.05) is 6.20 Å². The Morgan fingerprint density at radius 1 is 1.13 bits per heavy atom. The monoisotopic (exact) mass is 330 g/mol. The van der Waals surface area contributed by atoms with Crippen LogP contribution < -0.4 is 0 Å². The lowest BCUT2D eigenvalue weighted by Gasteiger charge is -2.34. The maximum atomic E-state index is 4.64. The summed E-state index contributed by atoms with van der Waals surface area (Å²) in [7, 11) is 0. The van der Waals surface area contributed by atoms with Crippen LogP contribution in [0.3, 0.4) is 0 Å². The third kappa shape index (κ3) is 3.66. The number of nitrogens with one attached hydrogen (secondary N) is 1. The van der Waals surface area contributed by atoms with Gasteiger partial charge in [-0.15, -0.1) is 11.3 Å². The molecule has 124 valence electrons. The number of piperidine rings is 1. The number of aromatic amines is 1. The van der Waals surface area contributed by atoms with Crippen LogP contribution in [0.4, 0.5) is 0 Å². The van der Waals surface area contributed by atoms with Gasteiger partial charge in [0.05, 0.1) is 6.04 Å². The summed E-state index contributed by atoms with van der Waals surface area (Å²) < 4.78 is 0.